The molecule has 0 aromatic heterocycles. The van der Waals surface area contributed by atoms with Gasteiger partial charge in [0.05, 0.1) is 5.69 Å². The lowest BCUT2D eigenvalue weighted by Crippen LogP contribution is -2.13. The smallest absolute Gasteiger partial charge is 0.263 e. The second kappa shape index (κ2) is 5.75. The number of phenolic OH excluding ortho intramolecular Hbond substituents is 1. The number of sulfonamides is 1. The molecule has 0 saturated carbocycles. The molecule has 0 unspecified atom stereocenters. The molecular formula is C13H11Br2NO3S. The largest absolute Gasteiger partial charge is 0.508 e. The minimum Gasteiger partial charge on any atom is -0.508 e. The van der Waals surface area contributed by atoms with Gasteiger partial charge in [-0.3, -0.25) is 4.72 Å². The summed E-state index contributed by atoms with van der Waals surface area (Å²) in [6.45, 7) is 1.81. The lowest BCUT2D eigenvalue weighted by molar-refractivity contribution is 0.475. The van der Waals surface area contributed by atoms with Gasteiger partial charge in [-0.05, 0) is 52.7 Å². The number of nitrogens with one attached hydrogen (secondary N) is 1. The SMILES string of the molecule is Cc1cc(S(=O)(=O)Nc2cccc(O)c2)c(Br)cc1Br. The van der Waals surface area contributed by atoms with Crippen molar-refractivity contribution < 1.29 is 13.5 Å². The van der Waals surface area contributed by atoms with Crippen molar-refractivity contribution in [2.45, 2.75) is 11.8 Å². The van der Waals surface area contributed by atoms with Crippen LogP contribution in [0.5, 0.6) is 5.75 Å². The van der Waals surface area contributed by atoms with Gasteiger partial charge < -0.3 is 5.11 Å². The van der Waals surface area contributed by atoms with Crippen LogP contribution in [0.2, 0.25) is 0 Å². The lowest BCUT2D eigenvalue weighted by atomic mass is 10.2. The van der Waals surface area contributed by atoms with E-state index in [1.807, 2.05) is 6.92 Å². The average molecular weight is 421 g/mol. The van der Waals surface area contributed by atoms with Crippen molar-refractivity contribution in [3.63, 3.8) is 0 Å². The molecule has 2 aromatic rings. The zero-order valence-electron chi connectivity index (χ0n) is 10.4. The van der Waals surface area contributed by atoms with Crippen LogP contribution in [-0.4, -0.2) is 13.5 Å². The van der Waals surface area contributed by atoms with Crippen molar-refractivity contribution in [3.8, 4) is 5.75 Å². The maximum absolute atomic E-state index is 12.4. The Labute approximate surface area is 134 Å². The first-order valence-electron chi connectivity index (χ1n) is 5.57. The number of aryl methyl sites for hydroxylation is 1. The minimum absolute atomic E-state index is 0.00347. The van der Waals surface area contributed by atoms with Crippen LogP contribution in [0.3, 0.4) is 0 Å². The fourth-order valence-electron chi connectivity index (χ4n) is 1.62. The Hall–Kier alpha value is -1.05. The summed E-state index contributed by atoms with van der Waals surface area (Å²) in [5.41, 5.74) is 1.11. The quantitative estimate of drug-likeness (QED) is 0.787. The highest BCUT2D eigenvalue weighted by Crippen LogP contribution is 2.30. The van der Waals surface area contributed by atoms with E-state index in [0.717, 1.165) is 10.0 Å². The average Bonchev–Trinajstić information content (AvgIpc) is 2.33. The highest BCUT2D eigenvalue weighted by atomic mass is 79.9. The van der Waals surface area contributed by atoms with Crippen LogP contribution in [0.15, 0.2) is 50.2 Å². The van der Waals surface area contributed by atoms with E-state index in [2.05, 4.69) is 36.6 Å². The highest BCUT2D eigenvalue weighted by molar-refractivity contribution is 9.11. The Morgan fingerprint density at radius 3 is 2.45 bits per heavy atom. The summed E-state index contributed by atoms with van der Waals surface area (Å²) in [6.07, 6.45) is 0. The number of halogens is 2. The fraction of sp³-hybridized carbons (Fsp3) is 0.0769. The van der Waals surface area contributed by atoms with Gasteiger partial charge in [-0.1, -0.05) is 22.0 Å². The third-order valence-corrected chi connectivity index (χ3v) is 5.80. The Morgan fingerprint density at radius 1 is 1.10 bits per heavy atom. The van der Waals surface area contributed by atoms with Gasteiger partial charge in [0.25, 0.3) is 10.0 Å². The summed E-state index contributed by atoms with van der Waals surface area (Å²) in [6, 6.07) is 9.20. The molecule has 106 valence electrons. The monoisotopic (exact) mass is 419 g/mol. The number of phenols is 1. The molecule has 0 aliphatic rings. The molecule has 0 bridgehead atoms. The number of aromatic hydroxyl groups is 1. The van der Waals surface area contributed by atoms with Gasteiger partial charge in [0, 0.05) is 15.0 Å². The normalized spacial score (nSPS) is 11.3. The molecule has 2 aromatic carbocycles. The van der Waals surface area contributed by atoms with Crippen molar-refractivity contribution in [2.24, 2.45) is 0 Å². The van der Waals surface area contributed by atoms with Crippen LogP contribution in [0.25, 0.3) is 0 Å². The zero-order valence-corrected chi connectivity index (χ0v) is 14.4. The summed E-state index contributed by atoms with van der Waals surface area (Å²) in [4.78, 5) is 0.140. The van der Waals surface area contributed by atoms with Crippen LogP contribution in [0, 0.1) is 6.92 Å². The Morgan fingerprint density at radius 2 is 1.80 bits per heavy atom. The maximum atomic E-state index is 12.4. The summed E-state index contributed by atoms with van der Waals surface area (Å²) in [5.74, 6) is -0.00347. The molecule has 0 atom stereocenters. The highest BCUT2D eigenvalue weighted by Gasteiger charge is 2.19. The number of hydrogen-bond acceptors (Lipinski definition) is 3. The molecule has 7 heteroatoms. The molecule has 0 fully saturated rings. The summed E-state index contributed by atoms with van der Waals surface area (Å²) in [7, 11) is -3.73. The van der Waals surface area contributed by atoms with Crippen molar-refractivity contribution in [1.29, 1.82) is 0 Å². The first-order chi connectivity index (χ1) is 9.29. The number of benzene rings is 2. The summed E-state index contributed by atoms with van der Waals surface area (Å²) >= 11 is 6.59. The fourth-order valence-corrected chi connectivity index (χ4v) is 4.44. The van der Waals surface area contributed by atoms with Gasteiger partial charge in [0.15, 0.2) is 0 Å². The molecular weight excluding hydrogens is 410 g/mol. The molecule has 2 N–H and O–H groups in total. The number of anilines is 1. The van der Waals surface area contributed by atoms with Gasteiger partial charge in [-0.2, -0.15) is 0 Å². The number of hydrogen-bond donors (Lipinski definition) is 2. The lowest BCUT2D eigenvalue weighted by Gasteiger charge is -2.11. The number of rotatable bonds is 3. The van der Waals surface area contributed by atoms with Crippen molar-refractivity contribution in [2.75, 3.05) is 4.72 Å². The van der Waals surface area contributed by atoms with Gasteiger partial charge in [-0.15, -0.1) is 0 Å². The van der Waals surface area contributed by atoms with Gasteiger partial charge in [-0.25, -0.2) is 8.42 Å². The van der Waals surface area contributed by atoms with E-state index in [1.54, 1.807) is 24.3 Å². The Bertz CT molecular complexity index is 760. The molecule has 0 amide bonds. The van der Waals surface area contributed by atoms with Gasteiger partial charge in [0.2, 0.25) is 0 Å². The molecule has 0 aliphatic heterocycles. The second-order valence-corrected chi connectivity index (χ2v) is 7.55. The van der Waals surface area contributed by atoms with Crippen LogP contribution in [0.1, 0.15) is 5.56 Å². The van der Waals surface area contributed by atoms with Crippen LogP contribution in [0.4, 0.5) is 5.69 Å². The maximum Gasteiger partial charge on any atom is 0.263 e. The predicted molar refractivity (Wildman–Crippen MR) is 85.5 cm³/mol. The first-order valence-corrected chi connectivity index (χ1v) is 8.64. The predicted octanol–water partition coefficient (Wildman–Crippen LogP) is 4.03. The van der Waals surface area contributed by atoms with E-state index in [1.165, 1.54) is 12.1 Å². The molecule has 4 nitrogen and oxygen atoms in total. The van der Waals surface area contributed by atoms with E-state index in [9.17, 15) is 13.5 Å². The third kappa shape index (κ3) is 3.34. The van der Waals surface area contributed by atoms with Gasteiger partial charge >= 0.3 is 0 Å². The van der Waals surface area contributed by atoms with Crippen LogP contribution >= 0.6 is 31.9 Å². The molecule has 2 rings (SSSR count). The zero-order chi connectivity index (χ0) is 14.9. The van der Waals surface area contributed by atoms with E-state index >= 15 is 0 Å². The standard InChI is InChI=1S/C13H11Br2NO3S/c1-8-5-13(12(15)7-11(8)14)20(18,19)16-9-3-2-4-10(17)6-9/h2-7,16-17H,1H3. The first kappa shape index (κ1) is 15.3. The molecule has 0 aliphatic carbocycles. The van der Waals surface area contributed by atoms with Crippen molar-refractivity contribution >= 4 is 47.6 Å². The topological polar surface area (TPSA) is 66.4 Å². The van der Waals surface area contributed by atoms with E-state index in [0.29, 0.717) is 10.2 Å². The van der Waals surface area contributed by atoms with Crippen molar-refractivity contribution in [1.82, 2.24) is 0 Å². The molecule has 0 heterocycles. The summed E-state index contributed by atoms with van der Waals surface area (Å²) in [5, 5.41) is 9.37. The summed E-state index contributed by atoms with van der Waals surface area (Å²) < 4.78 is 28.4. The van der Waals surface area contributed by atoms with E-state index < -0.39 is 10.0 Å². The molecule has 20 heavy (non-hydrogen) atoms. The van der Waals surface area contributed by atoms with Gasteiger partial charge in [0.1, 0.15) is 10.6 Å². The minimum atomic E-state index is -3.73. The van der Waals surface area contributed by atoms with Crippen LogP contribution in [-0.2, 0) is 10.0 Å². The molecule has 0 spiro atoms. The molecule has 0 radical (unpaired) electrons. The van der Waals surface area contributed by atoms with E-state index in [-0.39, 0.29) is 10.6 Å². The Kier molecular flexibility index (Phi) is 4.41. The Balaban J connectivity index is 2.43. The van der Waals surface area contributed by atoms with Crippen LogP contribution < -0.4 is 4.72 Å². The molecule has 0 saturated heterocycles. The van der Waals surface area contributed by atoms with Crippen molar-refractivity contribution in [3.05, 3.63) is 50.9 Å². The second-order valence-electron chi connectivity index (χ2n) is 4.19. The van der Waals surface area contributed by atoms with E-state index in [4.69, 9.17) is 0 Å². The third-order valence-electron chi connectivity index (χ3n) is 2.60.